The number of nitrogens with one attached hydrogen (secondary N) is 2. The van der Waals surface area contributed by atoms with Crippen LogP contribution < -0.4 is 10.9 Å². The molecule has 1 amide bonds. The van der Waals surface area contributed by atoms with E-state index in [0.717, 1.165) is 11.3 Å². The predicted molar refractivity (Wildman–Crippen MR) is 87.8 cm³/mol. The highest BCUT2D eigenvalue weighted by Crippen LogP contribution is 2.21. The van der Waals surface area contributed by atoms with Gasteiger partial charge in [0.1, 0.15) is 5.82 Å². The van der Waals surface area contributed by atoms with Crippen molar-refractivity contribution in [3.8, 4) is 11.4 Å². The lowest BCUT2D eigenvalue weighted by Crippen LogP contribution is -2.27. The number of H-pyrrole nitrogens is 1. The fourth-order valence-corrected chi connectivity index (χ4v) is 1.89. The van der Waals surface area contributed by atoms with Gasteiger partial charge in [0.25, 0.3) is 5.56 Å². The average Bonchev–Trinajstić information content (AvgIpc) is 2.46. The maximum Gasteiger partial charge on any atom is 0.251 e. The summed E-state index contributed by atoms with van der Waals surface area (Å²) in [6, 6.07) is 8.79. The van der Waals surface area contributed by atoms with Crippen molar-refractivity contribution in [2.45, 2.75) is 34.1 Å². The third-order valence-corrected chi connectivity index (χ3v) is 3.23. The molecule has 0 aliphatic rings. The Hall–Kier alpha value is -2.43. The molecule has 5 nitrogen and oxygen atoms in total. The van der Waals surface area contributed by atoms with E-state index in [4.69, 9.17) is 0 Å². The van der Waals surface area contributed by atoms with Crippen LogP contribution in [-0.2, 0) is 11.2 Å². The van der Waals surface area contributed by atoms with Crippen molar-refractivity contribution in [2.24, 2.45) is 5.41 Å². The van der Waals surface area contributed by atoms with Crippen molar-refractivity contribution in [2.75, 3.05) is 5.32 Å². The zero-order valence-corrected chi connectivity index (χ0v) is 13.4. The molecule has 2 aromatic rings. The highest BCUT2D eigenvalue weighted by molar-refractivity contribution is 5.94. The van der Waals surface area contributed by atoms with Crippen LogP contribution >= 0.6 is 0 Å². The van der Waals surface area contributed by atoms with Gasteiger partial charge in [0.2, 0.25) is 5.91 Å². The standard InChI is InChI=1S/C17H21N3O2/c1-5-12-10-14(21)20-15(18-12)11-7-6-8-13(9-11)19-16(22)17(2,3)4/h6-10H,5H2,1-4H3,(H,19,22)(H,18,20,21). The van der Waals surface area contributed by atoms with Crippen LogP contribution in [-0.4, -0.2) is 15.9 Å². The number of aromatic amines is 1. The number of hydrogen-bond donors (Lipinski definition) is 2. The summed E-state index contributed by atoms with van der Waals surface area (Å²) in [6.07, 6.45) is 0.692. The molecular weight excluding hydrogens is 278 g/mol. The molecule has 1 aromatic heterocycles. The fourth-order valence-electron chi connectivity index (χ4n) is 1.89. The summed E-state index contributed by atoms with van der Waals surface area (Å²) in [5, 5.41) is 2.88. The second-order valence-electron chi connectivity index (χ2n) is 6.22. The SMILES string of the molecule is CCc1cc(=O)[nH]c(-c2cccc(NC(=O)C(C)(C)C)c2)n1. The highest BCUT2D eigenvalue weighted by atomic mass is 16.2. The van der Waals surface area contributed by atoms with Gasteiger partial charge < -0.3 is 10.3 Å². The van der Waals surface area contributed by atoms with Gasteiger partial charge in [-0.15, -0.1) is 0 Å². The molecule has 0 aliphatic carbocycles. The minimum absolute atomic E-state index is 0.0617. The normalized spacial score (nSPS) is 11.3. The van der Waals surface area contributed by atoms with Crippen LogP contribution in [0.4, 0.5) is 5.69 Å². The smallest absolute Gasteiger partial charge is 0.251 e. The van der Waals surface area contributed by atoms with E-state index >= 15 is 0 Å². The Morgan fingerprint density at radius 3 is 2.64 bits per heavy atom. The molecule has 5 heteroatoms. The number of benzene rings is 1. The number of aryl methyl sites for hydroxylation is 1. The molecule has 0 bridgehead atoms. The van der Waals surface area contributed by atoms with Crippen LogP contribution in [0.2, 0.25) is 0 Å². The molecule has 2 N–H and O–H groups in total. The molecular formula is C17H21N3O2. The Morgan fingerprint density at radius 2 is 2.00 bits per heavy atom. The lowest BCUT2D eigenvalue weighted by atomic mass is 9.95. The molecule has 0 aliphatic heterocycles. The van der Waals surface area contributed by atoms with E-state index in [1.807, 2.05) is 45.9 Å². The molecule has 0 radical (unpaired) electrons. The first-order valence-electron chi connectivity index (χ1n) is 7.31. The molecule has 2 rings (SSSR count). The zero-order valence-electron chi connectivity index (χ0n) is 13.4. The molecule has 0 saturated heterocycles. The highest BCUT2D eigenvalue weighted by Gasteiger charge is 2.21. The second kappa shape index (κ2) is 6.13. The summed E-state index contributed by atoms with van der Waals surface area (Å²) in [5.41, 5.74) is 1.54. The first kappa shape index (κ1) is 15.9. The molecule has 116 valence electrons. The van der Waals surface area contributed by atoms with Gasteiger partial charge in [-0.1, -0.05) is 39.8 Å². The van der Waals surface area contributed by atoms with Gasteiger partial charge >= 0.3 is 0 Å². The van der Waals surface area contributed by atoms with E-state index in [1.54, 1.807) is 6.07 Å². The summed E-state index contributed by atoms with van der Waals surface area (Å²) in [5.74, 6) is 0.449. The van der Waals surface area contributed by atoms with Crippen LogP contribution in [0, 0.1) is 5.41 Å². The Morgan fingerprint density at radius 1 is 1.27 bits per heavy atom. The molecule has 0 atom stereocenters. The lowest BCUT2D eigenvalue weighted by molar-refractivity contribution is -0.123. The minimum Gasteiger partial charge on any atom is -0.326 e. The van der Waals surface area contributed by atoms with Crippen molar-refractivity contribution >= 4 is 11.6 Å². The summed E-state index contributed by atoms with van der Waals surface area (Å²) in [7, 11) is 0. The van der Waals surface area contributed by atoms with Crippen LogP contribution in [0.25, 0.3) is 11.4 Å². The van der Waals surface area contributed by atoms with Gasteiger partial charge in [-0.2, -0.15) is 0 Å². The van der Waals surface area contributed by atoms with Gasteiger partial charge in [-0.3, -0.25) is 9.59 Å². The van der Waals surface area contributed by atoms with Crippen molar-refractivity contribution < 1.29 is 4.79 Å². The first-order valence-corrected chi connectivity index (χ1v) is 7.31. The second-order valence-corrected chi connectivity index (χ2v) is 6.22. The van der Waals surface area contributed by atoms with E-state index in [1.165, 1.54) is 6.07 Å². The van der Waals surface area contributed by atoms with E-state index < -0.39 is 5.41 Å². The number of aromatic nitrogens is 2. The Kier molecular flexibility index (Phi) is 4.45. The summed E-state index contributed by atoms with van der Waals surface area (Å²) < 4.78 is 0. The number of carbonyl (C=O) groups is 1. The molecule has 0 saturated carbocycles. The molecule has 0 unspecified atom stereocenters. The Labute approximate surface area is 129 Å². The molecule has 0 fully saturated rings. The third-order valence-electron chi connectivity index (χ3n) is 3.23. The topological polar surface area (TPSA) is 74.8 Å². The average molecular weight is 299 g/mol. The van der Waals surface area contributed by atoms with Gasteiger partial charge in [-0.25, -0.2) is 4.98 Å². The van der Waals surface area contributed by atoms with Crippen molar-refractivity contribution in [1.82, 2.24) is 9.97 Å². The third kappa shape index (κ3) is 3.81. The van der Waals surface area contributed by atoms with Crippen LogP contribution in [0.3, 0.4) is 0 Å². The number of amides is 1. The van der Waals surface area contributed by atoms with Crippen LogP contribution in [0.1, 0.15) is 33.4 Å². The predicted octanol–water partition coefficient (Wildman–Crippen LogP) is 2.98. The van der Waals surface area contributed by atoms with E-state index in [9.17, 15) is 9.59 Å². The number of anilines is 1. The maximum absolute atomic E-state index is 12.1. The Balaban J connectivity index is 2.35. The van der Waals surface area contributed by atoms with E-state index in [0.29, 0.717) is 17.9 Å². The maximum atomic E-state index is 12.1. The van der Waals surface area contributed by atoms with Gasteiger partial charge in [0.05, 0.1) is 0 Å². The lowest BCUT2D eigenvalue weighted by Gasteiger charge is -2.18. The minimum atomic E-state index is -0.468. The monoisotopic (exact) mass is 299 g/mol. The number of carbonyl (C=O) groups excluding carboxylic acids is 1. The number of nitrogens with zero attached hydrogens (tertiary/aromatic N) is 1. The van der Waals surface area contributed by atoms with Crippen molar-refractivity contribution in [3.63, 3.8) is 0 Å². The molecule has 1 aromatic carbocycles. The molecule has 1 heterocycles. The van der Waals surface area contributed by atoms with Crippen LogP contribution in [0.5, 0.6) is 0 Å². The number of hydrogen-bond acceptors (Lipinski definition) is 3. The molecule has 22 heavy (non-hydrogen) atoms. The van der Waals surface area contributed by atoms with E-state index in [2.05, 4.69) is 15.3 Å². The molecule has 0 spiro atoms. The zero-order chi connectivity index (χ0) is 16.3. The van der Waals surface area contributed by atoms with Crippen molar-refractivity contribution in [1.29, 1.82) is 0 Å². The quantitative estimate of drug-likeness (QED) is 0.915. The van der Waals surface area contributed by atoms with Gasteiger partial charge in [-0.05, 0) is 18.6 Å². The largest absolute Gasteiger partial charge is 0.326 e. The van der Waals surface area contributed by atoms with Crippen LogP contribution in [0.15, 0.2) is 35.1 Å². The summed E-state index contributed by atoms with van der Waals surface area (Å²) in [6.45, 7) is 7.52. The fraction of sp³-hybridized carbons (Fsp3) is 0.353. The van der Waals surface area contributed by atoms with Gasteiger partial charge in [0.15, 0.2) is 0 Å². The summed E-state index contributed by atoms with van der Waals surface area (Å²) in [4.78, 5) is 30.9. The summed E-state index contributed by atoms with van der Waals surface area (Å²) >= 11 is 0. The Bertz CT molecular complexity index is 742. The first-order chi connectivity index (χ1) is 10.3. The number of rotatable bonds is 3. The van der Waals surface area contributed by atoms with Gasteiger partial charge in [0, 0.05) is 28.4 Å². The van der Waals surface area contributed by atoms with Crippen molar-refractivity contribution in [3.05, 3.63) is 46.4 Å². The van der Waals surface area contributed by atoms with E-state index in [-0.39, 0.29) is 11.5 Å².